The fourth-order valence-electron chi connectivity index (χ4n) is 1.16. The molecule has 6 heteroatoms. The molecule has 2 nitrogen and oxygen atoms in total. The maximum Gasteiger partial charge on any atom is 0.183 e. The van der Waals surface area contributed by atoms with E-state index < -0.39 is 0 Å². The second kappa shape index (κ2) is 5.12. The van der Waals surface area contributed by atoms with Gasteiger partial charge in [-0.2, -0.15) is 0 Å². The molecule has 0 bridgehead atoms. The number of nitrogens with zero attached hydrogens (tertiary/aromatic N) is 1. The molecular weight excluding hydrogens is 315 g/mol. The summed E-state index contributed by atoms with van der Waals surface area (Å²) < 4.78 is 13.9. The lowest BCUT2D eigenvalue weighted by Crippen LogP contribution is -1.97. The van der Waals surface area contributed by atoms with Crippen LogP contribution in [0.25, 0.3) is 0 Å². The Morgan fingerprint density at radius 2 is 2.31 bits per heavy atom. The number of nitrogens with one attached hydrogen (secondary N) is 1. The summed E-state index contributed by atoms with van der Waals surface area (Å²) in [6.45, 7) is 0.627. The van der Waals surface area contributed by atoms with Crippen molar-refractivity contribution in [3.8, 4) is 0 Å². The molecule has 84 valence electrons. The van der Waals surface area contributed by atoms with E-state index in [0.29, 0.717) is 15.5 Å². The number of aromatic nitrogens is 1. The first kappa shape index (κ1) is 11.8. The molecule has 0 saturated carbocycles. The molecule has 2 rings (SSSR count). The fraction of sp³-hybridized carbons (Fsp3) is 0.100. The van der Waals surface area contributed by atoms with Crippen LogP contribution >= 0.6 is 38.9 Å². The number of benzene rings is 1. The number of rotatable bonds is 3. The first-order chi connectivity index (χ1) is 7.65. The molecule has 0 amide bonds. The van der Waals surface area contributed by atoms with Crippen molar-refractivity contribution in [2.75, 3.05) is 5.32 Å². The van der Waals surface area contributed by atoms with Crippen LogP contribution in [-0.2, 0) is 6.54 Å². The van der Waals surface area contributed by atoms with Gasteiger partial charge >= 0.3 is 0 Å². The molecule has 1 aromatic heterocycles. The topological polar surface area (TPSA) is 24.9 Å². The number of hydrogen-bond donors (Lipinski definition) is 1. The van der Waals surface area contributed by atoms with Gasteiger partial charge in [-0.3, -0.25) is 0 Å². The lowest BCUT2D eigenvalue weighted by Gasteiger charge is -2.05. The number of halogens is 3. The van der Waals surface area contributed by atoms with Crippen molar-refractivity contribution in [1.29, 1.82) is 0 Å². The Labute approximate surface area is 110 Å². The molecule has 1 N–H and O–H groups in total. The zero-order valence-electron chi connectivity index (χ0n) is 8.01. The van der Waals surface area contributed by atoms with Crippen molar-refractivity contribution in [2.24, 2.45) is 0 Å². The van der Waals surface area contributed by atoms with Gasteiger partial charge < -0.3 is 5.32 Å². The first-order valence-electron chi connectivity index (χ1n) is 4.44. The van der Waals surface area contributed by atoms with Crippen molar-refractivity contribution < 1.29 is 4.39 Å². The lowest BCUT2D eigenvalue weighted by molar-refractivity contribution is 0.621. The molecule has 1 aromatic carbocycles. The summed E-state index contributed by atoms with van der Waals surface area (Å²) in [5.41, 5.74) is 0.845. The standard InChI is InChI=1S/C10H7BrClFN2S/c11-8-3-6(1-2-9(8)13)14-4-7-5-15-10(12)16-7/h1-3,5,14H,4H2. The minimum absolute atomic E-state index is 0.272. The van der Waals surface area contributed by atoms with Gasteiger partial charge in [0.2, 0.25) is 0 Å². The zero-order valence-corrected chi connectivity index (χ0v) is 11.2. The van der Waals surface area contributed by atoms with Crippen LogP contribution in [0, 0.1) is 5.82 Å². The van der Waals surface area contributed by atoms with Gasteiger partial charge in [0.05, 0.1) is 11.0 Å². The predicted molar refractivity (Wildman–Crippen MR) is 68.6 cm³/mol. The molecule has 0 spiro atoms. The van der Waals surface area contributed by atoms with Crippen molar-refractivity contribution in [3.63, 3.8) is 0 Å². The van der Waals surface area contributed by atoms with Crippen molar-refractivity contribution >= 4 is 44.6 Å². The zero-order chi connectivity index (χ0) is 11.5. The Bertz CT molecular complexity index is 503. The van der Waals surface area contributed by atoms with Gasteiger partial charge in [0.15, 0.2) is 4.47 Å². The highest BCUT2D eigenvalue weighted by Crippen LogP contribution is 2.22. The molecule has 0 saturated heterocycles. The number of thiazole rings is 1. The Morgan fingerprint density at radius 1 is 1.50 bits per heavy atom. The van der Waals surface area contributed by atoms with Gasteiger partial charge in [-0.05, 0) is 34.1 Å². The average Bonchev–Trinajstić information content (AvgIpc) is 2.66. The SMILES string of the molecule is Fc1ccc(NCc2cnc(Cl)s2)cc1Br. The van der Waals surface area contributed by atoms with E-state index in [1.165, 1.54) is 17.4 Å². The minimum atomic E-state index is -0.272. The highest BCUT2D eigenvalue weighted by molar-refractivity contribution is 9.10. The third-order valence-electron chi connectivity index (χ3n) is 1.91. The van der Waals surface area contributed by atoms with E-state index in [4.69, 9.17) is 11.6 Å². The monoisotopic (exact) mass is 320 g/mol. The van der Waals surface area contributed by atoms with Gasteiger partial charge in [0.1, 0.15) is 5.82 Å². The molecule has 0 fully saturated rings. The Kier molecular flexibility index (Phi) is 3.78. The fourth-order valence-corrected chi connectivity index (χ4v) is 2.46. The minimum Gasteiger partial charge on any atom is -0.380 e. The van der Waals surface area contributed by atoms with Crippen molar-refractivity contribution in [2.45, 2.75) is 6.54 Å². The van der Waals surface area contributed by atoms with Gasteiger partial charge in [0, 0.05) is 16.8 Å². The third kappa shape index (κ3) is 2.93. The van der Waals surface area contributed by atoms with Crippen LogP contribution in [0.15, 0.2) is 28.9 Å². The summed E-state index contributed by atoms with van der Waals surface area (Å²) in [5, 5.41) is 3.16. The first-order valence-corrected chi connectivity index (χ1v) is 6.43. The molecule has 1 heterocycles. The largest absolute Gasteiger partial charge is 0.380 e. The van der Waals surface area contributed by atoms with E-state index in [-0.39, 0.29) is 5.82 Å². The molecule has 0 unspecified atom stereocenters. The summed E-state index contributed by atoms with van der Waals surface area (Å²) in [6.07, 6.45) is 1.72. The molecule has 16 heavy (non-hydrogen) atoms. The van der Waals surface area contributed by atoms with Gasteiger partial charge in [-0.25, -0.2) is 9.37 Å². The van der Waals surface area contributed by atoms with Crippen LogP contribution in [0.2, 0.25) is 4.47 Å². The molecule has 0 atom stereocenters. The van der Waals surface area contributed by atoms with Crippen LogP contribution in [0.5, 0.6) is 0 Å². The van der Waals surface area contributed by atoms with Gasteiger partial charge in [-0.15, -0.1) is 11.3 Å². The molecule has 2 aromatic rings. The van der Waals surface area contributed by atoms with E-state index in [1.54, 1.807) is 18.3 Å². The molecule has 0 radical (unpaired) electrons. The predicted octanol–water partition coefficient (Wildman–Crippen LogP) is 4.31. The summed E-state index contributed by atoms with van der Waals surface area (Å²) in [6, 6.07) is 4.78. The Morgan fingerprint density at radius 3 is 2.94 bits per heavy atom. The van der Waals surface area contributed by atoms with Crippen LogP contribution in [-0.4, -0.2) is 4.98 Å². The Hall–Kier alpha value is -0.650. The molecule has 0 aliphatic heterocycles. The van der Waals surface area contributed by atoms with Gasteiger partial charge in [0.25, 0.3) is 0 Å². The summed E-state index contributed by atoms with van der Waals surface area (Å²) >= 11 is 10.3. The van der Waals surface area contributed by atoms with Crippen LogP contribution in [0.3, 0.4) is 0 Å². The quantitative estimate of drug-likeness (QED) is 0.911. The second-order valence-electron chi connectivity index (χ2n) is 3.06. The number of anilines is 1. The Balaban J connectivity index is 2.02. The normalized spacial score (nSPS) is 10.4. The van der Waals surface area contributed by atoms with E-state index in [2.05, 4.69) is 26.2 Å². The third-order valence-corrected chi connectivity index (χ3v) is 3.63. The molecule has 0 aliphatic rings. The average molecular weight is 322 g/mol. The maximum atomic E-state index is 13.0. The summed E-state index contributed by atoms with van der Waals surface area (Å²) in [7, 11) is 0. The summed E-state index contributed by atoms with van der Waals surface area (Å²) in [4.78, 5) is 4.97. The summed E-state index contributed by atoms with van der Waals surface area (Å²) in [5.74, 6) is -0.272. The maximum absolute atomic E-state index is 13.0. The van der Waals surface area contributed by atoms with Crippen LogP contribution in [0.1, 0.15) is 4.88 Å². The molecule has 0 aliphatic carbocycles. The van der Waals surface area contributed by atoms with Crippen molar-refractivity contribution in [3.05, 3.63) is 44.0 Å². The van der Waals surface area contributed by atoms with E-state index >= 15 is 0 Å². The van der Waals surface area contributed by atoms with Crippen LogP contribution < -0.4 is 5.32 Å². The van der Waals surface area contributed by atoms with Crippen molar-refractivity contribution in [1.82, 2.24) is 4.98 Å². The lowest BCUT2D eigenvalue weighted by atomic mass is 10.3. The van der Waals surface area contributed by atoms with Gasteiger partial charge in [-0.1, -0.05) is 11.6 Å². The molecular formula is C10H7BrClFN2S. The smallest absolute Gasteiger partial charge is 0.183 e. The number of hydrogen-bond acceptors (Lipinski definition) is 3. The highest BCUT2D eigenvalue weighted by atomic mass is 79.9. The van der Waals surface area contributed by atoms with E-state index in [1.807, 2.05) is 0 Å². The highest BCUT2D eigenvalue weighted by Gasteiger charge is 2.02. The second-order valence-corrected chi connectivity index (χ2v) is 5.61. The van der Waals surface area contributed by atoms with E-state index in [0.717, 1.165) is 10.6 Å². The van der Waals surface area contributed by atoms with E-state index in [9.17, 15) is 4.39 Å². The van der Waals surface area contributed by atoms with Crippen LogP contribution in [0.4, 0.5) is 10.1 Å².